The summed E-state index contributed by atoms with van der Waals surface area (Å²) < 4.78 is 4.14. The van der Waals surface area contributed by atoms with Gasteiger partial charge in [-0.25, -0.2) is 14.5 Å². The molecule has 1 aromatic carbocycles. The highest BCUT2D eigenvalue weighted by Gasteiger charge is 2.26. The number of aromatic nitrogens is 5. The molecule has 0 fully saturated rings. The monoisotopic (exact) mass is 412 g/mol. The van der Waals surface area contributed by atoms with Crippen molar-refractivity contribution in [3.63, 3.8) is 0 Å². The predicted molar refractivity (Wildman–Crippen MR) is 113 cm³/mol. The molecule has 0 bridgehead atoms. The molecule has 28 heavy (non-hydrogen) atoms. The summed E-state index contributed by atoms with van der Waals surface area (Å²) in [6.07, 6.45) is 2.97. The molecule has 144 valence electrons. The summed E-state index contributed by atoms with van der Waals surface area (Å²) >= 11 is 7.60. The minimum atomic E-state index is 0.429. The van der Waals surface area contributed by atoms with Gasteiger partial charge in [0, 0.05) is 42.2 Å². The van der Waals surface area contributed by atoms with Crippen molar-refractivity contribution in [2.75, 3.05) is 11.4 Å². The Hall–Kier alpha value is -2.38. The van der Waals surface area contributed by atoms with Crippen molar-refractivity contribution in [2.45, 2.75) is 32.7 Å². The Morgan fingerprint density at radius 2 is 1.93 bits per heavy atom. The molecule has 0 saturated carbocycles. The van der Waals surface area contributed by atoms with Crippen LogP contribution in [0.4, 0.5) is 5.13 Å². The average molecular weight is 413 g/mol. The third-order valence-electron chi connectivity index (χ3n) is 5.25. The van der Waals surface area contributed by atoms with Crippen LogP contribution >= 0.6 is 22.9 Å². The molecule has 1 aliphatic heterocycles. The van der Waals surface area contributed by atoms with Gasteiger partial charge in [-0.05, 0) is 12.1 Å². The van der Waals surface area contributed by atoms with Gasteiger partial charge in [0.1, 0.15) is 5.82 Å². The normalized spacial score (nSPS) is 14.2. The molecule has 5 rings (SSSR count). The molecule has 4 aromatic rings. The molecule has 4 heterocycles. The number of imidazole rings is 2. The van der Waals surface area contributed by atoms with Crippen molar-refractivity contribution in [3.8, 4) is 11.3 Å². The van der Waals surface area contributed by atoms with Gasteiger partial charge in [-0.3, -0.25) is 0 Å². The molecular formula is C20H21ClN6S. The van der Waals surface area contributed by atoms with Crippen LogP contribution in [-0.2, 0) is 20.0 Å². The summed E-state index contributed by atoms with van der Waals surface area (Å²) in [5.41, 5.74) is 4.48. The maximum absolute atomic E-state index is 5.98. The molecule has 0 spiro atoms. The second kappa shape index (κ2) is 6.60. The van der Waals surface area contributed by atoms with E-state index in [9.17, 15) is 0 Å². The lowest BCUT2D eigenvalue weighted by Gasteiger charge is -2.25. The fraction of sp³-hybridized carbons (Fsp3) is 0.350. The van der Waals surface area contributed by atoms with E-state index in [2.05, 4.69) is 30.4 Å². The first-order valence-electron chi connectivity index (χ1n) is 9.41. The second-order valence-electron chi connectivity index (χ2n) is 7.49. The van der Waals surface area contributed by atoms with Gasteiger partial charge in [0.05, 0.1) is 24.1 Å². The minimum Gasteiger partial charge on any atom is -0.340 e. The van der Waals surface area contributed by atoms with Crippen LogP contribution in [0.15, 0.2) is 30.5 Å². The number of fused-ring (bicyclic) bond motifs is 2. The topological polar surface area (TPSA) is 51.2 Å². The van der Waals surface area contributed by atoms with Crippen molar-refractivity contribution in [3.05, 3.63) is 52.7 Å². The fourth-order valence-corrected chi connectivity index (χ4v) is 4.84. The summed E-state index contributed by atoms with van der Waals surface area (Å²) in [6.45, 7) is 6.14. The number of halogens is 1. The lowest BCUT2D eigenvalue weighted by Crippen LogP contribution is -2.31. The van der Waals surface area contributed by atoms with Crippen molar-refractivity contribution in [1.82, 2.24) is 24.1 Å². The fourth-order valence-electron chi connectivity index (χ4n) is 3.81. The number of hydrogen-bond donors (Lipinski definition) is 0. The van der Waals surface area contributed by atoms with E-state index in [1.54, 1.807) is 11.3 Å². The molecule has 3 aromatic heterocycles. The maximum atomic E-state index is 5.98. The molecule has 0 N–H and O–H groups in total. The van der Waals surface area contributed by atoms with E-state index < -0.39 is 0 Å². The lowest BCUT2D eigenvalue weighted by atomic mass is 10.1. The van der Waals surface area contributed by atoms with Crippen molar-refractivity contribution >= 4 is 33.0 Å². The lowest BCUT2D eigenvalue weighted by molar-refractivity contribution is 0.659. The predicted octanol–water partition coefficient (Wildman–Crippen LogP) is 4.53. The van der Waals surface area contributed by atoms with Crippen molar-refractivity contribution in [2.24, 2.45) is 7.05 Å². The Labute approximate surface area is 172 Å². The number of rotatable bonds is 3. The molecule has 0 atom stereocenters. The van der Waals surface area contributed by atoms with E-state index in [0.717, 1.165) is 51.7 Å². The second-order valence-corrected chi connectivity index (χ2v) is 8.86. The van der Waals surface area contributed by atoms with Gasteiger partial charge in [0.15, 0.2) is 0 Å². The van der Waals surface area contributed by atoms with E-state index in [-0.39, 0.29) is 0 Å². The van der Waals surface area contributed by atoms with E-state index in [1.165, 1.54) is 11.4 Å². The summed E-state index contributed by atoms with van der Waals surface area (Å²) in [7, 11) is 2.13. The quantitative estimate of drug-likeness (QED) is 0.496. The molecule has 1 aliphatic rings. The van der Waals surface area contributed by atoms with Crippen LogP contribution in [0.1, 0.15) is 37.0 Å². The van der Waals surface area contributed by atoms with Gasteiger partial charge in [0.2, 0.25) is 10.1 Å². The molecule has 8 heteroatoms. The summed E-state index contributed by atoms with van der Waals surface area (Å²) in [4.78, 5) is 12.8. The minimum absolute atomic E-state index is 0.429. The zero-order valence-electron chi connectivity index (χ0n) is 16.1. The van der Waals surface area contributed by atoms with E-state index in [4.69, 9.17) is 26.7 Å². The first-order chi connectivity index (χ1) is 13.5. The van der Waals surface area contributed by atoms with Crippen LogP contribution in [0.25, 0.3) is 16.2 Å². The summed E-state index contributed by atoms with van der Waals surface area (Å²) in [5.74, 6) is 1.59. The number of benzene rings is 1. The third-order valence-corrected chi connectivity index (χ3v) is 6.49. The van der Waals surface area contributed by atoms with Crippen LogP contribution in [0.2, 0.25) is 5.02 Å². The Kier molecular flexibility index (Phi) is 4.17. The van der Waals surface area contributed by atoms with Crippen LogP contribution in [-0.4, -0.2) is 30.7 Å². The first kappa shape index (κ1) is 17.7. The Morgan fingerprint density at radius 3 is 2.64 bits per heavy atom. The van der Waals surface area contributed by atoms with E-state index in [0.29, 0.717) is 5.92 Å². The van der Waals surface area contributed by atoms with E-state index in [1.807, 2.05) is 35.0 Å². The molecule has 0 radical (unpaired) electrons. The summed E-state index contributed by atoms with van der Waals surface area (Å²) in [5, 5.41) is 6.50. The Bertz CT molecular complexity index is 1120. The highest BCUT2D eigenvalue weighted by molar-refractivity contribution is 7.20. The van der Waals surface area contributed by atoms with Crippen LogP contribution in [0, 0.1) is 0 Å². The first-order valence-corrected chi connectivity index (χ1v) is 10.6. The van der Waals surface area contributed by atoms with Gasteiger partial charge < -0.3 is 9.47 Å². The molecule has 0 saturated heterocycles. The summed E-state index contributed by atoms with van der Waals surface area (Å²) in [6, 6.07) is 7.73. The molecule has 0 aliphatic carbocycles. The highest BCUT2D eigenvalue weighted by atomic mass is 35.5. The SMILES string of the molecule is CC(C)c1nc2c(n1C)CCN(c1nn3cc(-c4ccc(Cl)cc4)nc3s1)C2. The zero-order valence-corrected chi connectivity index (χ0v) is 17.6. The van der Waals surface area contributed by atoms with Gasteiger partial charge in [-0.1, -0.05) is 48.9 Å². The largest absolute Gasteiger partial charge is 0.340 e. The van der Waals surface area contributed by atoms with Crippen LogP contribution < -0.4 is 4.90 Å². The van der Waals surface area contributed by atoms with Gasteiger partial charge in [0.25, 0.3) is 0 Å². The van der Waals surface area contributed by atoms with Gasteiger partial charge in [-0.2, -0.15) is 0 Å². The number of anilines is 1. The van der Waals surface area contributed by atoms with Gasteiger partial charge >= 0.3 is 0 Å². The highest BCUT2D eigenvalue weighted by Crippen LogP contribution is 2.31. The Balaban J connectivity index is 1.42. The molecule has 0 unspecified atom stereocenters. The van der Waals surface area contributed by atoms with Crippen molar-refractivity contribution in [1.29, 1.82) is 0 Å². The van der Waals surface area contributed by atoms with Gasteiger partial charge in [-0.15, -0.1) is 5.10 Å². The zero-order chi connectivity index (χ0) is 19.4. The molecular weight excluding hydrogens is 392 g/mol. The van der Waals surface area contributed by atoms with E-state index >= 15 is 0 Å². The standard InChI is InChI=1S/C20H21ClN6S/c1-12(2)18-22-16-10-26(9-8-17(16)25(18)3)20-24-27-11-15(23-19(27)28-20)13-4-6-14(21)7-5-13/h4-7,11-12H,8-10H2,1-3H3. The molecule has 0 amide bonds. The molecule has 6 nitrogen and oxygen atoms in total. The van der Waals surface area contributed by atoms with Crippen molar-refractivity contribution < 1.29 is 0 Å². The van der Waals surface area contributed by atoms with Crippen LogP contribution in [0.5, 0.6) is 0 Å². The maximum Gasteiger partial charge on any atom is 0.214 e. The average Bonchev–Trinajstić information content (AvgIpc) is 3.33. The Morgan fingerprint density at radius 1 is 1.14 bits per heavy atom. The number of hydrogen-bond acceptors (Lipinski definition) is 5. The third kappa shape index (κ3) is 2.89. The van der Waals surface area contributed by atoms with Crippen LogP contribution in [0.3, 0.4) is 0 Å². The number of nitrogens with zero attached hydrogens (tertiary/aromatic N) is 6. The smallest absolute Gasteiger partial charge is 0.214 e.